The molecule has 0 saturated carbocycles. The van der Waals surface area contributed by atoms with Crippen molar-refractivity contribution in [1.82, 2.24) is 10.2 Å². The van der Waals surface area contributed by atoms with Gasteiger partial charge in [-0.3, -0.25) is 9.89 Å². The van der Waals surface area contributed by atoms with E-state index in [0.29, 0.717) is 24.4 Å². The fourth-order valence-electron chi connectivity index (χ4n) is 2.34. The van der Waals surface area contributed by atoms with Crippen molar-refractivity contribution in [2.45, 2.75) is 6.42 Å². The molecule has 1 amide bonds. The van der Waals surface area contributed by atoms with E-state index in [4.69, 9.17) is 4.74 Å². The number of carbonyl (C=O) groups excluding carboxylic acids is 1. The van der Waals surface area contributed by atoms with Gasteiger partial charge in [0.25, 0.3) is 0 Å². The van der Waals surface area contributed by atoms with Gasteiger partial charge < -0.3 is 10.1 Å². The number of nitrogens with zero attached hydrogens (tertiary/aromatic N) is 1. The number of H-pyrrole nitrogens is 1. The van der Waals surface area contributed by atoms with Crippen LogP contribution in [0.15, 0.2) is 42.5 Å². The van der Waals surface area contributed by atoms with Crippen LogP contribution in [-0.4, -0.2) is 29.8 Å². The van der Waals surface area contributed by atoms with Crippen molar-refractivity contribution < 1.29 is 13.9 Å². The van der Waals surface area contributed by atoms with Crippen LogP contribution in [-0.2, 0) is 9.53 Å². The number of amides is 1. The number of carbonyl (C=O) groups is 1. The maximum absolute atomic E-state index is 13.1. The summed E-state index contributed by atoms with van der Waals surface area (Å²) >= 11 is 0. The number of benzene rings is 2. The van der Waals surface area contributed by atoms with Crippen LogP contribution >= 0.6 is 0 Å². The zero-order chi connectivity index (χ0) is 16.2. The van der Waals surface area contributed by atoms with E-state index in [1.54, 1.807) is 25.3 Å². The molecule has 3 aromatic rings. The van der Waals surface area contributed by atoms with Crippen LogP contribution in [0.5, 0.6) is 0 Å². The van der Waals surface area contributed by atoms with Crippen molar-refractivity contribution in [3.63, 3.8) is 0 Å². The first-order chi connectivity index (χ1) is 11.2. The first kappa shape index (κ1) is 15.2. The fourth-order valence-corrected chi connectivity index (χ4v) is 2.34. The molecule has 2 N–H and O–H groups in total. The molecular weight excluding hydrogens is 297 g/mol. The number of aromatic amines is 1. The maximum Gasteiger partial charge on any atom is 0.226 e. The van der Waals surface area contributed by atoms with Crippen LogP contribution < -0.4 is 5.32 Å². The van der Waals surface area contributed by atoms with Gasteiger partial charge in [-0.2, -0.15) is 5.10 Å². The number of fused-ring (bicyclic) bond motifs is 1. The van der Waals surface area contributed by atoms with Crippen molar-refractivity contribution in [2.24, 2.45) is 0 Å². The van der Waals surface area contributed by atoms with Crippen LogP contribution in [0.25, 0.3) is 22.2 Å². The Hall–Kier alpha value is -2.73. The van der Waals surface area contributed by atoms with Gasteiger partial charge in [-0.25, -0.2) is 4.39 Å². The van der Waals surface area contributed by atoms with E-state index < -0.39 is 0 Å². The average molecular weight is 313 g/mol. The number of methoxy groups -OCH3 is 1. The molecule has 2 aromatic carbocycles. The summed E-state index contributed by atoms with van der Waals surface area (Å²) in [4.78, 5) is 11.8. The highest BCUT2D eigenvalue weighted by Crippen LogP contribution is 2.28. The third kappa shape index (κ3) is 3.37. The Labute approximate surface area is 132 Å². The van der Waals surface area contributed by atoms with Gasteiger partial charge in [-0.15, -0.1) is 0 Å². The molecule has 0 atom stereocenters. The van der Waals surface area contributed by atoms with Crippen molar-refractivity contribution in [2.75, 3.05) is 19.0 Å². The van der Waals surface area contributed by atoms with Gasteiger partial charge in [0.1, 0.15) is 5.82 Å². The lowest BCUT2D eigenvalue weighted by molar-refractivity contribution is -0.117. The van der Waals surface area contributed by atoms with Crippen molar-refractivity contribution in [3.8, 4) is 11.3 Å². The number of rotatable bonds is 5. The van der Waals surface area contributed by atoms with Crippen LogP contribution in [0.1, 0.15) is 6.42 Å². The summed E-state index contributed by atoms with van der Waals surface area (Å²) in [5.74, 6) is -0.405. The normalized spacial score (nSPS) is 10.9. The lowest BCUT2D eigenvalue weighted by Gasteiger charge is -2.05. The molecule has 1 aromatic heterocycles. The predicted octanol–water partition coefficient (Wildman–Crippen LogP) is 3.34. The van der Waals surface area contributed by atoms with Crippen LogP contribution in [0.2, 0.25) is 0 Å². The molecule has 5 nitrogen and oxygen atoms in total. The van der Waals surface area contributed by atoms with E-state index in [-0.39, 0.29) is 11.7 Å². The topological polar surface area (TPSA) is 67.0 Å². The molecule has 0 saturated heterocycles. The number of aromatic nitrogens is 2. The maximum atomic E-state index is 13.1. The quantitative estimate of drug-likeness (QED) is 0.759. The minimum atomic E-state index is -0.292. The van der Waals surface area contributed by atoms with Gasteiger partial charge in [-0.1, -0.05) is 0 Å². The Kier molecular flexibility index (Phi) is 4.34. The Balaban J connectivity index is 1.91. The van der Waals surface area contributed by atoms with Crippen LogP contribution in [0.3, 0.4) is 0 Å². The van der Waals surface area contributed by atoms with Crippen LogP contribution in [0, 0.1) is 5.82 Å². The summed E-state index contributed by atoms with van der Waals surface area (Å²) in [6, 6.07) is 11.6. The molecule has 0 spiro atoms. The summed E-state index contributed by atoms with van der Waals surface area (Å²) in [6.45, 7) is 0.376. The van der Waals surface area contributed by atoms with Gasteiger partial charge >= 0.3 is 0 Å². The van der Waals surface area contributed by atoms with Gasteiger partial charge in [-0.05, 0) is 42.5 Å². The summed E-state index contributed by atoms with van der Waals surface area (Å²) in [5.41, 5.74) is 3.05. The minimum absolute atomic E-state index is 0.113. The molecule has 0 aliphatic heterocycles. The minimum Gasteiger partial charge on any atom is -0.384 e. The second-order valence-corrected chi connectivity index (χ2v) is 5.13. The molecule has 1 heterocycles. The molecule has 23 heavy (non-hydrogen) atoms. The predicted molar refractivity (Wildman–Crippen MR) is 86.6 cm³/mol. The summed E-state index contributed by atoms with van der Waals surface area (Å²) < 4.78 is 18.0. The molecular formula is C17H16FN3O2. The zero-order valence-electron chi connectivity index (χ0n) is 12.6. The Bertz CT molecular complexity index is 827. The van der Waals surface area contributed by atoms with Crippen molar-refractivity contribution in [1.29, 1.82) is 0 Å². The number of hydrogen-bond acceptors (Lipinski definition) is 3. The van der Waals surface area contributed by atoms with Crippen molar-refractivity contribution >= 4 is 22.5 Å². The van der Waals surface area contributed by atoms with Gasteiger partial charge in [0.2, 0.25) is 5.91 Å². The standard InChI is InChI=1S/C17H16FN3O2/c1-23-9-8-16(22)19-13-6-7-15-14(10-13)17(21-20-15)11-2-4-12(18)5-3-11/h2-7,10H,8-9H2,1H3,(H,19,22)(H,20,21). The van der Waals surface area contributed by atoms with E-state index in [1.165, 1.54) is 12.1 Å². The zero-order valence-corrected chi connectivity index (χ0v) is 12.6. The van der Waals surface area contributed by atoms with Gasteiger partial charge in [0, 0.05) is 23.7 Å². The lowest BCUT2D eigenvalue weighted by atomic mass is 10.1. The fraction of sp³-hybridized carbons (Fsp3) is 0.176. The summed E-state index contributed by atoms with van der Waals surface area (Å²) in [6.07, 6.45) is 0.296. The van der Waals surface area contributed by atoms with E-state index in [1.807, 2.05) is 12.1 Å². The van der Waals surface area contributed by atoms with E-state index in [0.717, 1.165) is 16.5 Å². The number of hydrogen-bond donors (Lipinski definition) is 2. The molecule has 3 rings (SSSR count). The lowest BCUT2D eigenvalue weighted by Crippen LogP contribution is -2.13. The van der Waals surface area contributed by atoms with E-state index in [2.05, 4.69) is 15.5 Å². The number of halogens is 1. The molecule has 0 unspecified atom stereocenters. The monoisotopic (exact) mass is 313 g/mol. The smallest absolute Gasteiger partial charge is 0.226 e. The molecule has 0 fully saturated rings. The molecule has 0 aliphatic carbocycles. The highest BCUT2D eigenvalue weighted by atomic mass is 19.1. The molecule has 0 bridgehead atoms. The average Bonchev–Trinajstić information content (AvgIpc) is 2.97. The first-order valence-electron chi connectivity index (χ1n) is 7.20. The van der Waals surface area contributed by atoms with E-state index >= 15 is 0 Å². The second kappa shape index (κ2) is 6.58. The summed E-state index contributed by atoms with van der Waals surface area (Å²) in [5, 5.41) is 10.9. The number of nitrogens with one attached hydrogen (secondary N) is 2. The van der Waals surface area contributed by atoms with E-state index in [9.17, 15) is 9.18 Å². The van der Waals surface area contributed by atoms with Crippen LogP contribution in [0.4, 0.5) is 10.1 Å². The molecule has 0 radical (unpaired) electrons. The third-order valence-electron chi connectivity index (χ3n) is 3.50. The Morgan fingerprint density at radius 2 is 2.04 bits per heavy atom. The highest BCUT2D eigenvalue weighted by molar-refractivity contribution is 5.98. The number of ether oxygens (including phenoxy) is 1. The third-order valence-corrected chi connectivity index (χ3v) is 3.50. The highest BCUT2D eigenvalue weighted by Gasteiger charge is 2.10. The van der Waals surface area contributed by atoms with Gasteiger partial charge in [0.05, 0.1) is 24.2 Å². The molecule has 6 heteroatoms. The van der Waals surface area contributed by atoms with Crippen molar-refractivity contribution in [3.05, 3.63) is 48.3 Å². The van der Waals surface area contributed by atoms with Gasteiger partial charge in [0.15, 0.2) is 0 Å². The molecule has 0 aliphatic rings. The largest absolute Gasteiger partial charge is 0.384 e. The second-order valence-electron chi connectivity index (χ2n) is 5.13. The Morgan fingerprint density at radius 1 is 1.26 bits per heavy atom. The molecule has 118 valence electrons. The number of anilines is 1. The summed E-state index contributed by atoms with van der Waals surface area (Å²) in [7, 11) is 1.56. The Morgan fingerprint density at radius 3 is 2.78 bits per heavy atom. The first-order valence-corrected chi connectivity index (χ1v) is 7.20. The SMILES string of the molecule is COCCC(=O)Nc1ccc2[nH]nc(-c3ccc(F)cc3)c2c1.